The number of rotatable bonds is 6. The summed E-state index contributed by atoms with van der Waals surface area (Å²) in [4.78, 5) is 6.86. The molecule has 0 radical (unpaired) electrons. The van der Waals surface area contributed by atoms with Gasteiger partial charge in [0.15, 0.2) is 5.96 Å². The van der Waals surface area contributed by atoms with Crippen molar-refractivity contribution in [1.82, 2.24) is 15.5 Å². The van der Waals surface area contributed by atoms with E-state index in [9.17, 15) is 0 Å². The molecule has 0 aliphatic carbocycles. The van der Waals surface area contributed by atoms with Crippen LogP contribution < -0.4 is 10.6 Å². The molecule has 2 atom stereocenters. The lowest BCUT2D eigenvalue weighted by atomic mass is 10.1. The van der Waals surface area contributed by atoms with Crippen LogP contribution in [-0.4, -0.2) is 50.1 Å². The lowest BCUT2D eigenvalue weighted by molar-refractivity contribution is 0.287. The first-order valence-electron chi connectivity index (χ1n) is 7.72. The van der Waals surface area contributed by atoms with E-state index in [0.717, 1.165) is 12.5 Å². The molecule has 0 saturated carbocycles. The Kier molecular flexibility index (Phi) is 7.21. The number of aliphatic imine (C=N–C) groups is 1. The van der Waals surface area contributed by atoms with Crippen LogP contribution in [0.2, 0.25) is 0 Å². The first kappa shape index (κ1) is 16.3. The van der Waals surface area contributed by atoms with Crippen LogP contribution in [0.25, 0.3) is 0 Å². The molecule has 112 valence electrons. The summed E-state index contributed by atoms with van der Waals surface area (Å²) in [5.74, 6) is 2.20. The number of hydrogen-bond donors (Lipinski definition) is 2. The molecule has 1 rings (SSSR count). The largest absolute Gasteiger partial charge is 0.356 e. The zero-order chi connectivity index (χ0) is 14.3. The van der Waals surface area contributed by atoms with Gasteiger partial charge >= 0.3 is 0 Å². The first-order chi connectivity index (χ1) is 9.02. The van der Waals surface area contributed by atoms with Crippen LogP contribution in [0.3, 0.4) is 0 Å². The number of guanidine groups is 1. The summed E-state index contributed by atoms with van der Waals surface area (Å²) in [5, 5.41) is 6.88. The second kappa shape index (κ2) is 8.41. The van der Waals surface area contributed by atoms with Gasteiger partial charge in [0.2, 0.25) is 0 Å². The van der Waals surface area contributed by atoms with Crippen LogP contribution >= 0.6 is 0 Å². The minimum atomic E-state index is 0.445. The Bertz CT molecular complexity index is 269. The van der Waals surface area contributed by atoms with Crippen molar-refractivity contribution in [3.05, 3.63) is 0 Å². The minimum absolute atomic E-state index is 0.445. The van der Waals surface area contributed by atoms with Crippen molar-refractivity contribution in [2.24, 2.45) is 16.8 Å². The number of nitrogens with one attached hydrogen (secondary N) is 2. The molecule has 0 amide bonds. The minimum Gasteiger partial charge on any atom is -0.356 e. The molecular formula is C15H32N4. The lowest BCUT2D eigenvalue weighted by Crippen LogP contribution is -2.46. The molecule has 1 heterocycles. The predicted octanol–water partition coefficient (Wildman–Crippen LogP) is 1.93. The van der Waals surface area contributed by atoms with Gasteiger partial charge in [0.25, 0.3) is 0 Å². The highest BCUT2D eigenvalue weighted by Crippen LogP contribution is 2.09. The van der Waals surface area contributed by atoms with Gasteiger partial charge in [-0.15, -0.1) is 0 Å². The maximum Gasteiger partial charge on any atom is 0.191 e. The summed E-state index contributed by atoms with van der Waals surface area (Å²) >= 11 is 0. The van der Waals surface area contributed by atoms with Gasteiger partial charge in [-0.05, 0) is 44.7 Å². The number of likely N-dealkylation sites (tertiary alicyclic amines) is 1. The van der Waals surface area contributed by atoms with Gasteiger partial charge in [-0.1, -0.05) is 20.8 Å². The smallest absolute Gasteiger partial charge is 0.191 e. The molecule has 19 heavy (non-hydrogen) atoms. The highest BCUT2D eigenvalue weighted by Gasteiger charge is 2.15. The fraction of sp³-hybridized carbons (Fsp3) is 0.933. The maximum absolute atomic E-state index is 4.30. The van der Waals surface area contributed by atoms with E-state index in [2.05, 4.69) is 48.2 Å². The van der Waals surface area contributed by atoms with E-state index in [1.807, 2.05) is 7.05 Å². The van der Waals surface area contributed by atoms with Crippen LogP contribution in [0, 0.1) is 11.8 Å². The molecule has 1 aliphatic rings. The second-order valence-corrected chi connectivity index (χ2v) is 6.24. The van der Waals surface area contributed by atoms with Crippen molar-refractivity contribution < 1.29 is 0 Å². The Hall–Kier alpha value is -0.770. The fourth-order valence-corrected chi connectivity index (χ4v) is 2.32. The van der Waals surface area contributed by atoms with E-state index >= 15 is 0 Å². The van der Waals surface area contributed by atoms with Crippen molar-refractivity contribution in [2.45, 2.75) is 46.6 Å². The summed E-state index contributed by atoms with van der Waals surface area (Å²) in [6.07, 6.45) is 2.74. The topological polar surface area (TPSA) is 39.7 Å². The van der Waals surface area contributed by atoms with Crippen LogP contribution in [0.15, 0.2) is 4.99 Å². The Morgan fingerprint density at radius 2 is 1.79 bits per heavy atom. The molecule has 2 unspecified atom stereocenters. The Balaban J connectivity index is 2.24. The van der Waals surface area contributed by atoms with Crippen LogP contribution in [0.5, 0.6) is 0 Å². The third-order valence-corrected chi connectivity index (χ3v) is 3.97. The van der Waals surface area contributed by atoms with Gasteiger partial charge in [0.1, 0.15) is 0 Å². The molecule has 0 bridgehead atoms. The maximum atomic E-state index is 4.30. The van der Waals surface area contributed by atoms with Gasteiger partial charge in [-0.2, -0.15) is 0 Å². The summed E-state index contributed by atoms with van der Waals surface area (Å²) in [5.41, 5.74) is 0. The molecule has 1 fully saturated rings. The zero-order valence-corrected chi connectivity index (χ0v) is 13.4. The number of hydrogen-bond acceptors (Lipinski definition) is 2. The standard InChI is InChI=1S/C15H32N4/c1-12(2)14(4)18-15(16-5)17-10-13(3)11-19-8-6-7-9-19/h12-14H,6-11H2,1-5H3,(H2,16,17,18). The average molecular weight is 268 g/mol. The molecule has 1 saturated heterocycles. The number of nitrogens with zero attached hydrogens (tertiary/aromatic N) is 2. The van der Waals surface area contributed by atoms with Crippen molar-refractivity contribution in [1.29, 1.82) is 0 Å². The van der Waals surface area contributed by atoms with Crippen molar-refractivity contribution in [2.75, 3.05) is 33.2 Å². The summed E-state index contributed by atoms with van der Waals surface area (Å²) in [6.45, 7) is 13.7. The molecular weight excluding hydrogens is 236 g/mol. The summed E-state index contributed by atoms with van der Waals surface area (Å²) < 4.78 is 0. The molecule has 0 aromatic rings. The van der Waals surface area contributed by atoms with Gasteiger partial charge in [-0.3, -0.25) is 4.99 Å². The van der Waals surface area contributed by atoms with Gasteiger partial charge in [0, 0.05) is 26.2 Å². The van der Waals surface area contributed by atoms with Crippen molar-refractivity contribution in [3.8, 4) is 0 Å². The molecule has 1 aliphatic heterocycles. The third kappa shape index (κ3) is 6.28. The molecule has 2 N–H and O–H groups in total. The Morgan fingerprint density at radius 3 is 2.32 bits per heavy atom. The molecule has 4 heteroatoms. The van der Waals surface area contributed by atoms with E-state index in [1.165, 1.54) is 32.5 Å². The normalized spacial score (nSPS) is 20.6. The molecule has 4 nitrogen and oxygen atoms in total. The SMILES string of the molecule is CN=C(NCC(C)CN1CCCC1)NC(C)C(C)C. The Morgan fingerprint density at radius 1 is 1.16 bits per heavy atom. The van der Waals surface area contributed by atoms with Gasteiger partial charge in [-0.25, -0.2) is 0 Å². The van der Waals surface area contributed by atoms with E-state index in [4.69, 9.17) is 0 Å². The predicted molar refractivity (Wildman–Crippen MR) is 83.6 cm³/mol. The van der Waals surface area contributed by atoms with Gasteiger partial charge < -0.3 is 15.5 Å². The fourth-order valence-electron chi connectivity index (χ4n) is 2.32. The summed E-state index contributed by atoms with van der Waals surface area (Å²) in [6, 6.07) is 0.445. The molecule has 0 aromatic carbocycles. The lowest BCUT2D eigenvalue weighted by Gasteiger charge is -2.24. The van der Waals surface area contributed by atoms with Crippen LogP contribution in [0.1, 0.15) is 40.5 Å². The van der Waals surface area contributed by atoms with E-state index in [0.29, 0.717) is 17.9 Å². The third-order valence-electron chi connectivity index (χ3n) is 3.97. The zero-order valence-electron chi connectivity index (χ0n) is 13.4. The van der Waals surface area contributed by atoms with Crippen molar-refractivity contribution in [3.63, 3.8) is 0 Å². The second-order valence-electron chi connectivity index (χ2n) is 6.24. The average Bonchev–Trinajstić information content (AvgIpc) is 2.86. The van der Waals surface area contributed by atoms with Crippen LogP contribution in [0.4, 0.5) is 0 Å². The Labute approximate surface area is 119 Å². The van der Waals surface area contributed by atoms with E-state index in [1.54, 1.807) is 0 Å². The highest BCUT2D eigenvalue weighted by atomic mass is 15.2. The van der Waals surface area contributed by atoms with Gasteiger partial charge in [0.05, 0.1) is 0 Å². The summed E-state index contributed by atoms with van der Waals surface area (Å²) in [7, 11) is 1.84. The molecule has 0 spiro atoms. The van der Waals surface area contributed by atoms with Crippen LogP contribution in [-0.2, 0) is 0 Å². The quantitative estimate of drug-likeness (QED) is 0.571. The van der Waals surface area contributed by atoms with Crippen molar-refractivity contribution >= 4 is 5.96 Å². The van der Waals surface area contributed by atoms with E-state index in [-0.39, 0.29) is 0 Å². The monoisotopic (exact) mass is 268 g/mol. The highest BCUT2D eigenvalue weighted by molar-refractivity contribution is 5.79. The molecule has 0 aromatic heterocycles. The van der Waals surface area contributed by atoms with E-state index < -0.39 is 0 Å². The first-order valence-corrected chi connectivity index (χ1v) is 7.72.